The minimum atomic E-state index is -0.0158. The maximum absolute atomic E-state index is 10.5. The maximum atomic E-state index is 10.5. The van der Waals surface area contributed by atoms with Crippen LogP contribution in [-0.4, -0.2) is 15.1 Å². The average molecular weight is 316 g/mol. The number of anilines is 1. The van der Waals surface area contributed by atoms with Gasteiger partial charge >= 0.3 is 0 Å². The minimum Gasteiger partial charge on any atom is -0.503 e. The van der Waals surface area contributed by atoms with Crippen molar-refractivity contribution in [2.75, 3.05) is 5.32 Å². The van der Waals surface area contributed by atoms with E-state index in [1.807, 2.05) is 43.3 Å². The number of hydrogen-bond acceptors (Lipinski definition) is 5. The number of aromatic hydroxyl groups is 1. The number of nitrogens with zero attached hydrogens (tertiary/aromatic N) is 3. The van der Waals surface area contributed by atoms with Crippen molar-refractivity contribution in [2.24, 2.45) is 0 Å². The molecule has 0 aliphatic heterocycles. The summed E-state index contributed by atoms with van der Waals surface area (Å²) >= 11 is 0. The molecule has 0 fully saturated rings. The van der Waals surface area contributed by atoms with Gasteiger partial charge in [0.25, 0.3) is 0 Å². The van der Waals surface area contributed by atoms with E-state index in [0.29, 0.717) is 23.5 Å². The summed E-state index contributed by atoms with van der Waals surface area (Å²) in [5.41, 5.74) is 3.74. The monoisotopic (exact) mass is 316 g/mol. The molecular formula is C19H16N4O. The van der Waals surface area contributed by atoms with Gasteiger partial charge in [-0.1, -0.05) is 42.0 Å². The first-order valence-electron chi connectivity index (χ1n) is 7.53. The lowest BCUT2D eigenvalue weighted by Crippen LogP contribution is -2.03. The number of benzene rings is 1. The number of hydrogen-bond donors (Lipinski definition) is 2. The van der Waals surface area contributed by atoms with Crippen LogP contribution in [0.15, 0.2) is 66.2 Å². The molecule has 0 radical (unpaired) electrons. The first-order chi connectivity index (χ1) is 11.7. The van der Waals surface area contributed by atoms with Crippen molar-refractivity contribution < 1.29 is 5.11 Å². The van der Waals surface area contributed by atoms with Gasteiger partial charge in [0.15, 0.2) is 11.6 Å². The highest BCUT2D eigenvalue weighted by Crippen LogP contribution is 2.33. The first kappa shape index (κ1) is 15.5. The summed E-state index contributed by atoms with van der Waals surface area (Å²) in [7, 11) is 0. The van der Waals surface area contributed by atoms with Gasteiger partial charge in [-0.2, -0.15) is 5.26 Å². The predicted molar refractivity (Wildman–Crippen MR) is 93.0 cm³/mol. The SMILES string of the molecule is Cc1ccc(-c2ncnc(NC3=CC(C#N)=CC=CC3)c2O)cc1. The van der Waals surface area contributed by atoms with Crippen molar-refractivity contribution in [3.8, 4) is 23.1 Å². The van der Waals surface area contributed by atoms with Gasteiger partial charge < -0.3 is 10.4 Å². The Morgan fingerprint density at radius 3 is 2.75 bits per heavy atom. The molecule has 0 amide bonds. The number of rotatable bonds is 3. The summed E-state index contributed by atoms with van der Waals surface area (Å²) in [6.07, 6.45) is 9.28. The summed E-state index contributed by atoms with van der Waals surface area (Å²) in [5.74, 6) is 0.303. The number of aromatic nitrogens is 2. The summed E-state index contributed by atoms with van der Waals surface area (Å²) in [4.78, 5) is 8.30. The zero-order valence-electron chi connectivity index (χ0n) is 13.2. The number of nitriles is 1. The molecule has 0 unspecified atom stereocenters. The van der Waals surface area contributed by atoms with Crippen molar-refractivity contribution in [2.45, 2.75) is 13.3 Å². The van der Waals surface area contributed by atoms with E-state index in [-0.39, 0.29) is 5.75 Å². The highest BCUT2D eigenvalue weighted by atomic mass is 16.3. The summed E-state index contributed by atoms with van der Waals surface area (Å²) in [6.45, 7) is 2.00. The number of allylic oxidation sites excluding steroid dienone is 5. The highest BCUT2D eigenvalue weighted by molar-refractivity contribution is 5.73. The van der Waals surface area contributed by atoms with Gasteiger partial charge in [-0.05, 0) is 19.1 Å². The molecule has 118 valence electrons. The van der Waals surface area contributed by atoms with Gasteiger partial charge in [0.1, 0.15) is 12.0 Å². The van der Waals surface area contributed by atoms with E-state index < -0.39 is 0 Å². The molecule has 1 aromatic heterocycles. The minimum absolute atomic E-state index is 0.0158. The Bertz CT molecular complexity index is 887. The molecule has 0 saturated carbocycles. The summed E-state index contributed by atoms with van der Waals surface area (Å²) in [5, 5.41) is 22.7. The van der Waals surface area contributed by atoms with E-state index in [1.165, 1.54) is 6.33 Å². The standard InChI is InChI=1S/C19H16N4O/c1-13-6-8-15(9-7-13)17-18(24)19(22-12-21-17)23-16-5-3-2-4-14(10-16)11-20/h2-4,6-10,12,24H,5H2,1H3,(H,21,22,23). The molecule has 5 heteroatoms. The molecule has 24 heavy (non-hydrogen) atoms. The Labute approximate surface area is 140 Å². The lowest BCUT2D eigenvalue weighted by atomic mass is 10.1. The van der Waals surface area contributed by atoms with Crippen LogP contribution in [0, 0.1) is 18.3 Å². The molecule has 2 aromatic rings. The zero-order chi connectivity index (χ0) is 16.9. The molecular weight excluding hydrogens is 300 g/mol. The van der Waals surface area contributed by atoms with Crippen molar-refractivity contribution in [3.05, 3.63) is 71.7 Å². The van der Waals surface area contributed by atoms with Crippen molar-refractivity contribution in [1.82, 2.24) is 9.97 Å². The van der Waals surface area contributed by atoms with Crippen LogP contribution in [-0.2, 0) is 0 Å². The maximum Gasteiger partial charge on any atom is 0.185 e. The van der Waals surface area contributed by atoms with Gasteiger partial charge in [0.05, 0.1) is 11.6 Å². The molecule has 5 nitrogen and oxygen atoms in total. The van der Waals surface area contributed by atoms with E-state index in [9.17, 15) is 5.11 Å². The van der Waals surface area contributed by atoms with E-state index in [2.05, 4.69) is 21.4 Å². The van der Waals surface area contributed by atoms with Gasteiger partial charge in [-0.15, -0.1) is 0 Å². The van der Waals surface area contributed by atoms with Gasteiger partial charge in [-0.3, -0.25) is 0 Å². The van der Waals surface area contributed by atoms with Crippen LogP contribution in [0.3, 0.4) is 0 Å². The van der Waals surface area contributed by atoms with E-state index in [0.717, 1.165) is 16.8 Å². The van der Waals surface area contributed by atoms with Crippen molar-refractivity contribution >= 4 is 5.82 Å². The van der Waals surface area contributed by atoms with Crippen molar-refractivity contribution in [1.29, 1.82) is 5.26 Å². The van der Waals surface area contributed by atoms with E-state index in [4.69, 9.17) is 5.26 Å². The summed E-state index contributed by atoms with van der Waals surface area (Å²) < 4.78 is 0. The third-order valence-corrected chi connectivity index (χ3v) is 3.63. The number of nitrogens with one attached hydrogen (secondary N) is 1. The molecule has 1 aliphatic carbocycles. The molecule has 0 saturated heterocycles. The molecule has 0 atom stereocenters. The fourth-order valence-corrected chi connectivity index (χ4v) is 2.36. The second-order valence-electron chi connectivity index (χ2n) is 5.45. The molecule has 1 heterocycles. The Hall–Kier alpha value is -3.39. The Kier molecular flexibility index (Phi) is 4.39. The van der Waals surface area contributed by atoms with Crippen molar-refractivity contribution in [3.63, 3.8) is 0 Å². The summed E-state index contributed by atoms with van der Waals surface area (Å²) in [6, 6.07) is 9.86. The third kappa shape index (κ3) is 3.33. The fourth-order valence-electron chi connectivity index (χ4n) is 2.36. The smallest absolute Gasteiger partial charge is 0.185 e. The highest BCUT2D eigenvalue weighted by Gasteiger charge is 2.13. The molecule has 3 rings (SSSR count). The van der Waals surface area contributed by atoms with E-state index in [1.54, 1.807) is 12.2 Å². The lowest BCUT2D eigenvalue weighted by Gasteiger charge is -2.12. The Morgan fingerprint density at radius 1 is 1.21 bits per heavy atom. The zero-order valence-corrected chi connectivity index (χ0v) is 13.2. The molecule has 1 aromatic carbocycles. The van der Waals surface area contributed by atoms with Crippen LogP contribution < -0.4 is 5.32 Å². The van der Waals surface area contributed by atoms with Gasteiger partial charge in [0, 0.05) is 17.7 Å². The lowest BCUT2D eigenvalue weighted by molar-refractivity contribution is 0.474. The third-order valence-electron chi connectivity index (χ3n) is 3.63. The Morgan fingerprint density at radius 2 is 2.00 bits per heavy atom. The normalized spacial score (nSPS) is 13.5. The second-order valence-corrected chi connectivity index (χ2v) is 5.45. The molecule has 0 spiro atoms. The van der Waals surface area contributed by atoms with Crippen LogP contribution in [0.4, 0.5) is 5.82 Å². The average Bonchev–Trinajstić information content (AvgIpc) is 2.83. The molecule has 0 bridgehead atoms. The van der Waals surface area contributed by atoms with Crippen LogP contribution in [0.1, 0.15) is 12.0 Å². The molecule has 1 aliphatic rings. The molecule has 2 N–H and O–H groups in total. The van der Waals surface area contributed by atoms with Crippen LogP contribution in [0.5, 0.6) is 5.75 Å². The van der Waals surface area contributed by atoms with Crippen LogP contribution >= 0.6 is 0 Å². The topological polar surface area (TPSA) is 81.8 Å². The quantitative estimate of drug-likeness (QED) is 0.898. The largest absolute Gasteiger partial charge is 0.503 e. The predicted octanol–water partition coefficient (Wildman–Crippen LogP) is 3.86. The van der Waals surface area contributed by atoms with Crippen LogP contribution in [0.2, 0.25) is 0 Å². The Balaban J connectivity index is 1.93. The van der Waals surface area contributed by atoms with E-state index >= 15 is 0 Å². The first-order valence-corrected chi connectivity index (χ1v) is 7.53. The fraction of sp³-hybridized carbons (Fsp3) is 0.105. The number of aryl methyl sites for hydroxylation is 1. The van der Waals surface area contributed by atoms with Gasteiger partial charge in [0.2, 0.25) is 0 Å². The van der Waals surface area contributed by atoms with Gasteiger partial charge in [-0.25, -0.2) is 9.97 Å². The van der Waals surface area contributed by atoms with Crippen LogP contribution in [0.25, 0.3) is 11.3 Å². The second kappa shape index (κ2) is 6.80.